The Bertz CT molecular complexity index is 926. The summed E-state index contributed by atoms with van der Waals surface area (Å²) in [4.78, 5) is 16.8. The zero-order chi connectivity index (χ0) is 18.3. The minimum atomic E-state index is 0. The van der Waals surface area contributed by atoms with Gasteiger partial charge in [-0.1, -0.05) is 18.2 Å². The maximum Gasteiger partial charge on any atom is 0.264 e. The molecule has 7 heteroatoms. The average Bonchev–Trinajstić information content (AvgIpc) is 3.23. The molecule has 27 heavy (non-hydrogen) atoms. The van der Waals surface area contributed by atoms with Gasteiger partial charge in [0.1, 0.15) is 4.83 Å². The van der Waals surface area contributed by atoms with Gasteiger partial charge in [0.25, 0.3) is 5.91 Å². The number of para-hydroxylation sites is 1. The van der Waals surface area contributed by atoms with E-state index in [4.69, 9.17) is 5.73 Å². The van der Waals surface area contributed by atoms with Crippen LogP contribution in [0, 0.1) is 12.8 Å². The molecule has 2 N–H and O–H groups in total. The summed E-state index contributed by atoms with van der Waals surface area (Å²) in [5.74, 6) is 0.656. The monoisotopic (exact) mass is 404 g/mol. The zero-order valence-corrected chi connectivity index (χ0v) is 17.2. The second-order valence-electron chi connectivity index (χ2n) is 7.15. The van der Waals surface area contributed by atoms with Crippen molar-refractivity contribution in [3.8, 4) is 5.69 Å². The summed E-state index contributed by atoms with van der Waals surface area (Å²) in [6, 6.07) is 12.3. The number of halogens is 1. The summed E-state index contributed by atoms with van der Waals surface area (Å²) in [5, 5.41) is 5.71. The van der Waals surface area contributed by atoms with Gasteiger partial charge >= 0.3 is 0 Å². The summed E-state index contributed by atoms with van der Waals surface area (Å²) >= 11 is 1.53. The number of hydrogen-bond acceptors (Lipinski definition) is 4. The number of hydrogen-bond donors (Lipinski definition) is 1. The lowest BCUT2D eigenvalue weighted by molar-refractivity contribution is 0.0686. The maximum absolute atomic E-state index is 13.0. The second-order valence-corrected chi connectivity index (χ2v) is 8.18. The van der Waals surface area contributed by atoms with Crippen molar-refractivity contribution in [2.75, 3.05) is 13.1 Å². The lowest BCUT2D eigenvalue weighted by Gasteiger charge is -2.33. The molecule has 2 aromatic heterocycles. The van der Waals surface area contributed by atoms with E-state index in [1.165, 1.54) is 11.3 Å². The van der Waals surface area contributed by atoms with Gasteiger partial charge in [-0.05, 0) is 50.8 Å². The largest absolute Gasteiger partial charge is 0.338 e. The first-order valence-corrected chi connectivity index (χ1v) is 9.95. The SMILES string of the molecule is Cc1nn(-c2ccccc2)c2sc(C(=O)N3CCC(C(C)N)CC3)cc12.Cl. The molecule has 0 radical (unpaired) electrons. The molecule has 0 bridgehead atoms. The number of amides is 1. The second kappa shape index (κ2) is 8.00. The van der Waals surface area contributed by atoms with Crippen molar-refractivity contribution in [2.24, 2.45) is 11.7 Å². The van der Waals surface area contributed by atoms with Crippen molar-refractivity contribution in [1.82, 2.24) is 14.7 Å². The zero-order valence-electron chi connectivity index (χ0n) is 15.6. The third-order valence-corrected chi connectivity index (χ3v) is 6.43. The van der Waals surface area contributed by atoms with Gasteiger partial charge in [0.15, 0.2) is 0 Å². The van der Waals surface area contributed by atoms with Crippen LogP contribution in [0.2, 0.25) is 0 Å². The fraction of sp³-hybridized carbons (Fsp3) is 0.400. The summed E-state index contributed by atoms with van der Waals surface area (Å²) < 4.78 is 1.94. The van der Waals surface area contributed by atoms with Crippen LogP contribution in [0.1, 0.15) is 35.1 Å². The molecular formula is C20H25ClN4OS. The van der Waals surface area contributed by atoms with Crippen molar-refractivity contribution in [2.45, 2.75) is 32.7 Å². The van der Waals surface area contributed by atoms with Crippen molar-refractivity contribution >= 4 is 39.9 Å². The van der Waals surface area contributed by atoms with Crippen molar-refractivity contribution in [3.63, 3.8) is 0 Å². The molecule has 1 saturated heterocycles. The quantitative estimate of drug-likeness (QED) is 0.717. The molecule has 1 aliphatic rings. The van der Waals surface area contributed by atoms with Crippen LogP contribution in [0.4, 0.5) is 0 Å². The molecule has 3 aromatic rings. The number of carbonyl (C=O) groups is 1. The van der Waals surface area contributed by atoms with Crippen molar-refractivity contribution in [1.29, 1.82) is 0 Å². The Morgan fingerprint density at radius 2 is 1.93 bits per heavy atom. The minimum Gasteiger partial charge on any atom is -0.338 e. The molecule has 0 saturated carbocycles. The van der Waals surface area contributed by atoms with E-state index < -0.39 is 0 Å². The van der Waals surface area contributed by atoms with Crippen LogP contribution in [0.5, 0.6) is 0 Å². The third-order valence-electron chi connectivity index (χ3n) is 5.33. The van der Waals surface area contributed by atoms with Gasteiger partial charge < -0.3 is 10.6 Å². The number of aromatic nitrogens is 2. The smallest absolute Gasteiger partial charge is 0.264 e. The molecule has 1 amide bonds. The summed E-state index contributed by atoms with van der Waals surface area (Å²) in [6.45, 7) is 5.65. The molecule has 0 aliphatic carbocycles. The van der Waals surface area contributed by atoms with E-state index in [9.17, 15) is 4.79 Å². The molecule has 1 aliphatic heterocycles. The third kappa shape index (κ3) is 3.74. The Morgan fingerprint density at radius 3 is 2.56 bits per heavy atom. The Morgan fingerprint density at radius 1 is 1.26 bits per heavy atom. The van der Waals surface area contributed by atoms with Crippen LogP contribution in [-0.2, 0) is 0 Å². The maximum atomic E-state index is 13.0. The van der Waals surface area contributed by atoms with Gasteiger partial charge in [-0.25, -0.2) is 4.68 Å². The van der Waals surface area contributed by atoms with Gasteiger partial charge in [-0.2, -0.15) is 5.10 Å². The lowest BCUT2D eigenvalue weighted by atomic mass is 9.91. The van der Waals surface area contributed by atoms with E-state index in [2.05, 4.69) is 12.0 Å². The first kappa shape index (κ1) is 19.9. The predicted molar refractivity (Wildman–Crippen MR) is 113 cm³/mol. The molecule has 5 nitrogen and oxygen atoms in total. The van der Waals surface area contributed by atoms with Gasteiger partial charge in [0.2, 0.25) is 0 Å². The van der Waals surface area contributed by atoms with Gasteiger partial charge in [-0.15, -0.1) is 23.7 Å². The highest BCUT2D eigenvalue weighted by Gasteiger charge is 2.27. The number of likely N-dealkylation sites (tertiary alicyclic amines) is 1. The van der Waals surface area contributed by atoms with Gasteiger partial charge in [0, 0.05) is 24.5 Å². The minimum absolute atomic E-state index is 0. The molecule has 144 valence electrons. The number of nitrogens with zero attached hydrogens (tertiary/aromatic N) is 3. The normalized spacial score (nSPS) is 16.3. The average molecular weight is 405 g/mol. The van der Waals surface area contributed by atoms with Gasteiger partial charge in [-0.3, -0.25) is 4.79 Å². The molecule has 4 rings (SSSR count). The number of piperidine rings is 1. The molecule has 1 aromatic carbocycles. The Balaban J connectivity index is 0.00000210. The Kier molecular flexibility index (Phi) is 5.89. The van der Waals surface area contributed by atoms with Crippen LogP contribution < -0.4 is 5.73 Å². The van der Waals surface area contributed by atoms with E-state index in [1.54, 1.807) is 0 Å². The van der Waals surface area contributed by atoms with Crippen LogP contribution in [0.15, 0.2) is 36.4 Å². The van der Waals surface area contributed by atoms with E-state index in [1.807, 2.05) is 52.9 Å². The number of nitrogens with two attached hydrogens (primary N) is 1. The highest BCUT2D eigenvalue weighted by Crippen LogP contribution is 2.32. The van der Waals surface area contributed by atoms with Crippen molar-refractivity contribution in [3.05, 3.63) is 47.0 Å². The number of rotatable bonds is 3. The predicted octanol–water partition coefficient (Wildman–Crippen LogP) is 4.02. The number of benzene rings is 1. The van der Waals surface area contributed by atoms with E-state index in [-0.39, 0.29) is 24.4 Å². The van der Waals surface area contributed by atoms with Crippen LogP contribution in [0.25, 0.3) is 15.9 Å². The lowest BCUT2D eigenvalue weighted by Crippen LogP contribution is -2.42. The molecule has 0 spiro atoms. The van der Waals surface area contributed by atoms with E-state index >= 15 is 0 Å². The van der Waals surface area contributed by atoms with Crippen LogP contribution in [-0.4, -0.2) is 39.7 Å². The fourth-order valence-corrected chi connectivity index (χ4v) is 4.83. The van der Waals surface area contributed by atoms with Crippen molar-refractivity contribution < 1.29 is 4.79 Å². The number of thiophene rings is 1. The molecule has 1 unspecified atom stereocenters. The van der Waals surface area contributed by atoms with Crippen LogP contribution in [0.3, 0.4) is 0 Å². The molecular weight excluding hydrogens is 380 g/mol. The fourth-order valence-electron chi connectivity index (χ4n) is 3.68. The van der Waals surface area contributed by atoms with Gasteiger partial charge in [0.05, 0.1) is 16.3 Å². The van der Waals surface area contributed by atoms with E-state index in [0.29, 0.717) is 5.92 Å². The highest BCUT2D eigenvalue weighted by molar-refractivity contribution is 7.20. The number of carbonyl (C=O) groups excluding carboxylic acids is 1. The van der Waals surface area contributed by atoms with Crippen LogP contribution >= 0.6 is 23.7 Å². The number of fused-ring (bicyclic) bond motifs is 1. The standard InChI is InChI=1S/C20H24N4OS.ClH/c1-13(21)15-8-10-23(11-9-15)19(25)18-12-17-14(2)22-24(20(17)26-18)16-6-4-3-5-7-16;/h3-7,12-13,15H,8-11,21H2,1-2H3;1H. The first-order chi connectivity index (χ1) is 12.5. The summed E-state index contributed by atoms with van der Waals surface area (Å²) in [6.07, 6.45) is 1.98. The molecule has 1 atom stereocenters. The molecule has 1 fully saturated rings. The topological polar surface area (TPSA) is 64.2 Å². The number of aryl methyl sites for hydroxylation is 1. The highest BCUT2D eigenvalue weighted by atomic mass is 35.5. The summed E-state index contributed by atoms with van der Waals surface area (Å²) in [5.41, 5.74) is 7.99. The first-order valence-electron chi connectivity index (χ1n) is 9.14. The summed E-state index contributed by atoms with van der Waals surface area (Å²) in [7, 11) is 0. The Hall–Kier alpha value is -1.89. The van der Waals surface area contributed by atoms with E-state index in [0.717, 1.165) is 52.4 Å². The molecule has 3 heterocycles. The Labute approximate surface area is 169 Å².